The van der Waals surface area contributed by atoms with Gasteiger partial charge >= 0.3 is 0 Å². The second-order valence-corrected chi connectivity index (χ2v) is 6.37. The van der Waals surface area contributed by atoms with Gasteiger partial charge in [0.2, 0.25) is 0 Å². The van der Waals surface area contributed by atoms with Gasteiger partial charge in [-0.1, -0.05) is 24.3 Å². The first-order valence-electron chi connectivity index (χ1n) is 8.22. The third kappa shape index (κ3) is 2.02. The largest absolute Gasteiger partial charge is 0.366 e. The van der Waals surface area contributed by atoms with Crippen molar-refractivity contribution < 1.29 is 0 Å². The number of piperidine rings is 2. The Morgan fingerprint density at radius 3 is 2.70 bits per heavy atom. The molecule has 4 aliphatic rings. The summed E-state index contributed by atoms with van der Waals surface area (Å²) in [5, 5.41) is 0. The summed E-state index contributed by atoms with van der Waals surface area (Å²) in [6.45, 7) is 2.46. The van der Waals surface area contributed by atoms with E-state index < -0.39 is 0 Å². The van der Waals surface area contributed by atoms with Gasteiger partial charge in [-0.15, -0.1) is 0 Å². The van der Waals surface area contributed by atoms with Crippen molar-refractivity contribution in [3.8, 4) is 0 Å². The molecule has 4 rings (SSSR count). The molecule has 20 heavy (non-hydrogen) atoms. The minimum atomic E-state index is 0.473. The van der Waals surface area contributed by atoms with E-state index in [1.807, 2.05) is 0 Å². The van der Waals surface area contributed by atoms with Crippen LogP contribution in [0.1, 0.15) is 38.5 Å². The van der Waals surface area contributed by atoms with Crippen molar-refractivity contribution in [1.29, 1.82) is 0 Å². The minimum Gasteiger partial charge on any atom is -0.366 e. The van der Waals surface area contributed by atoms with Crippen LogP contribution in [0.4, 0.5) is 0 Å². The summed E-state index contributed by atoms with van der Waals surface area (Å²) in [6.07, 6.45) is 22.0. The molecule has 0 saturated carbocycles. The first kappa shape index (κ1) is 12.3. The van der Waals surface area contributed by atoms with E-state index >= 15 is 0 Å². The van der Waals surface area contributed by atoms with Crippen LogP contribution in [0, 0.1) is 0 Å². The molecule has 0 aliphatic carbocycles. The lowest BCUT2D eigenvalue weighted by Crippen LogP contribution is -2.48. The highest BCUT2D eigenvalue weighted by atomic mass is 15.3. The summed E-state index contributed by atoms with van der Waals surface area (Å²) < 4.78 is 0. The Morgan fingerprint density at radius 1 is 0.850 bits per heavy atom. The van der Waals surface area contributed by atoms with E-state index in [1.54, 1.807) is 5.70 Å². The maximum atomic E-state index is 2.66. The molecule has 106 valence electrons. The van der Waals surface area contributed by atoms with Crippen molar-refractivity contribution in [1.82, 2.24) is 9.80 Å². The summed E-state index contributed by atoms with van der Waals surface area (Å²) in [4.78, 5) is 5.30. The van der Waals surface area contributed by atoms with Crippen LogP contribution in [0.15, 0.2) is 47.9 Å². The van der Waals surface area contributed by atoms with Gasteiger partial charge in [-0.3, -0.25) is 0 Å². The van der Waals surface area contributed by atoms with E-state index in [1.165, 1.54) is 57.3 Å². The highest BCUT2D eigenvalue weighted by Crippen LogP contribution is 2.34. The highest BCUT2D eigenvalue weighted by Gasteiger charge is 2.32. The number of fused-ring (bicyclic) bond motifs is 2. The monoisotopic (exact) mass is 268 g/mol. The van der Waals surface area contributed by atoms with E-state index in [9.17, 15) is 0 Å². The Labute approximate surface area is 122 Å². The summed E-state index contributed by atoms with van der Waals surface area (Å²) in [5.74, 6) is 0. The molecule has 2 heteroatoms. The van der Waals surface area contributed by atoms with Crippen LogP contribution >= 0.6 is 0 Å². The van der Waals surface area contributed by atoms with Gasteiger partial charge in [0, 0.05) is 30.5 Å². The fourth-order valence-electron chi connectivity index (χ4n) is 4.13. The maximum Gasteiger partial charge on any atom is 0.0874 e. The molecule has 2 atom stereocenters. The topological polar surface area (TPSA) is 6.48 Å². The van der Waals surface area contributed by atoms with Crippen molar-refractivity contribution in [2.45, 2.75) is 50.6 Å². The Hall–Kier alpha value is -1.44. The lowest BCUT2D eigenvalue weighted by Gasteiger charge is -2.47. The van der Waals surface area contributed by atoms with Crippen molar-refractivity contribution >= 4 is 0 Å². The van der Waals surface area contributed by atoms with Crippen molar-refractivity contribution in [3.05, 3.63) is 47.9 Å². The van der Waals surface area contributed by atoms with Gasteiger partial charge in [0.1, 0.15) is 0 Å². The van der Waals surface area contributed by atoms with Crippen LogP contribution in [-0.2, 0) is 0 Å². The smallest absolute Gasteiger partial charge is 0.0874 e. The molecule has 0 radical (unpaired) electrons. The molecule has 0 amide bonds. The lowest BCUT2D eigenvalue weighted by molar-refractivity contribution is 0.174. The first-order valence-corrected chi connectivity index (χ1v) is 8.22. The fourth-order valence-corrected chi connectivity index (χ4v) is 4.13. The Balaban J connectivity index is 1.63. The molecule has 0 aromatic heterocycles. The Kier molecular flexibility index (Phi) is 3.17. The predicted octanol–water partition coefficient (Wildman–Crippen LogP) is 3.60. The second kappa shape index (κ2) is 5.16. The van der Waals surface area contributed by atoms with E-state index in [0.717, 1.165) is 0 Å². The number of hydrogen-bond donors (Lipinski definition) is 0. The molecule has 2 unspecified atom stereocenters. The molecule has 2 fully saturated rings. The van der Waals surface area contributed by atoms with Crippen LogP contribution in [-0.4, -0.2) is 35.0 Å². The number of rotatable bonds is 1. The number of allylic oxidation sites excluding steroid dienone is 5. The average molecular weight is 268 g/mol. The first-order chi connectivity index (χ1) is 9.93. The van der Waals surface area contributed by atoms with Crippen LogP contribution in [0.25, 0.3) is 0 Å². The van der Waals surface area contributed by atoms with Crippen LogP contribution in [0.5, 0.6) is 0 Å². The molecule has 4 aliphatic heterocycles. The molecule has 0 aromatic carbocycles. The van der Waals surface area contributed by atoms with Crippen LogP contribution in [0.2, 0.25) is 0 Å². The van der Waals surface area contributed by atoms with Gasteiger partial charge in [-0.2, -0.15) is 0 Å². The van der Waals surface area contributed by atoms with E-state index in [4.69, 9.17) is 0 Å². The minimum absolute atomic E-state index is 0.473. The molecule has 0 spiro atoms. The molecule has 0 aromatic rings. The Bertz CT molecular complexity index is 498. The van der Waals surface area contributed by atoms with Crippen LogP contribution in [0.3, 0.4) is 0 Å². The normalized spacial score (nSPS) is 32.4. The highest BCUT2D eigenvalue weighted by molar-refractivity contribution is 5.34. The Morgan fingerprint density at radius 2 is 1.70 bits per heavy atom. The van der Waals surface area contributed by atoms with Gasteiger partial charge in [-0.05, 0) is 50.7 Å². The van der Waals surface area contributed by atoms with E-state index in [2.05, 4.69) is 46.3 Å². The van der Waals surface area contributed by atoms with Crippen LogP contribution < -0.4 is 0 Å². The van der Waals surface area contributed by atoms with E-state index in [-0.39, 0.29) is 0 Å². The SMILES string of the molecule is C1=CC2CCCCN2C(C2C=CC=C3CCCCN32)=C1. The number of nitrogens with zero attached hydrogens (tertiary/aromatic N) is 2. The van der Waals surface area contributed by atoms with Gasteiger partial charge in [0.05, 0.1) is 6.04 Å². The molecule has 2 nitrogen and oxygen atoms in total. The second-order valence-electron chi connectivity index (χ2n) is 6.37. The zero-order chi connectivity index (χ0) is 13.4. The summed E-state index contributed by atoms with van der Waals surface area (Å²) in [5.41, 5.74) is 3.08. The summed E-state index contributed by atoms with van der Waals surface area (Å²) >= 11 is 0. The summed E-state index contributed by atoms with van der Waals surface area (Å²) in [6, 6.07) is 1.12. The maximum absolute atomic E-state index is 2.66. The zero-order valence-electron chi connectivity index (χ0n) is 12.2. The van der Waals surface area contributed by atoms with Crippen molar-refractivity contribution in [2.24, 2.45) is 0 Å². The number of hydrogen-bond acceptors (Lipinski definition) is 2. The fraction of sp³-hybridized carbons (Fsp3) is 0.556. The molecule has 0 N–H and O–H groups in total. The third-order valence-electron chi connectivity index (χ3n) is 5.15. The molecule has 2 saturated heterocycles. The quantitative estimate of drug-likeness (QED) is 0.717. The van der Waals surface area contributed by atoms with Gasteiger partial charge < -0.3 is 9.80 Å². The van der Waals surface area contributed by atoms with Crippen molar-refractivity contribution in [2.75, 3.05) is 13.1 Å². The standard InChI is InChI=1S/C18H24N2/c1-3-13-19-15(7-1)9-5-11-17(19)18-12-6-10-16-8-2-4-14-20(16)18/h5-6,9-12,15,18H,1-4,7-8,13-14H2. The van der Waals surface area contributed by atoms with Crippen molar-refractivity contribution in [3.63, 3.8) is 0 Å². The molecular weight excluding hydrogens is 244 g/mol. The molecular formula is C18H24N2. The van der Waals surface area contributed by atoms with Gasteiger partial charge in [-0.25, -0.2) is 0 Å². The lowest BCUT2D eigenvalue weighted by atomic mass is 9.93. The third-order valence-corrected chi connectivity index (χ3v) is 5.15. The predicted molar refractivity (Wildman–Crippen MR) is 83.1 cm³/mol. The zero-order valence-corrected chi connectivity index (χ0v) is 12.2. The molecule has 0 bridgehead atoms. The summed E-state index contributed by atoms with van der Waals surface area (Å²) in [7, 11) is 0. The van der Waals surface area contributed by atoms with Gasteiger partial charge in [0.25, 0.3) is 0 Å². The molecule has 4 heterocycles. The van der Waals surface area contributed by atoms with Gasteiger partial charge in [0.15, 0.2) is 0 Å². The van der Waals surface area contributed by atoms with E-state index in [0.29, 0.717) is 12.1 Å². The average Bonchev–Trinajstić information content (AvgIpc) is 2.54.